The third-order valence-electron chi connectivity index (χ3n) is 5.30. The minimum Gasteiger partial charge on any atom is -0.479 e. The largest absolute Gasteiger partial charge is 0.479 e. The Bertz CT molecular complexity index is 1140. The zero-order valence-corrected chi connectivity index (χ0v) is 15.5. The lowest BCUT2D eigenvalue weighted by atomic mass is 9.82. The predicted octanol–water partition coefficient (Wildman–Crippen LogP) is 2.90. The van der Waals surface area contributed by atoms with Crippen LogP contribution in [0.1, 0.15) is 19.8 Å². The quantitative estimate of drug-likeness (QED) is 0.600. The molecule has 1 N–H and O–H groups in total. The van der Waals surface area contributed by atoms with Gasteiger partial charge in [-0.1, -0.05) is 18.2 Å². The normalized spacial score (nSPS) is 19.4. The van der Waals surface area contributed by atoms with Crippen LogP contribution in [0.2, 0.25) is 0 Å². The zero-order valence-electron chi connectivity index (χ0n) is 15.5. The number of rotatable bonds is 4. The highest BCUT2D eigenvalue weighted by atomic mass is 16.5. The Hall–Kier alpha value is -3.16. The van der Waals surface area contributed by atoms with Crippen LogP contribution in [0.15, 0.2) is 30.5 Å². The summed E-state index contributed by atoms with van der Waals surface area (Å²) in [6.07, 6.45) is 4.24. The number of ether oxygens (including phenoxy) is 1. The SMILES string of the molecule is COc1nc(NC2CC(C)C2)nn2ccc(-c3ccc4nnn(C)c4c3)c12. The summed E-state index contributed by atoms with van der Waals surface area (Å²) in [7, 11) is 3.53. The van der Waals surface area contributed by atoms with Crippen molar-refractivity contribution in [1.82, 2.24) is 29.6 Å². The summed E-state index contributed by atoms with van der Waals surface area (Å²) in [5.41, 5.74) is 4.75. The van der Waals surface area contributed by atoms with E-state index in [4.69, 9.17) is 4.74 Å². The average Bonchev–Trinajstić information content (AvgIpc) is 3.23. The molecule has 1 fully saturated rings. The van der Waals surface area contributed by atoms with Crippen LogP contribution in [-0.2, 0) is 7.05 Å². The lowest BCUT2D eigenvalue weighted by Crippen LogP contribution is -2.34. The van der Waals surface area contributed by atoms with E-state index in [1.165, 1.54) is 0 Å². The second-order valence-corrected chi connectivity index (χ2v) is 7.30. The maximum absolute atomic E-state index is 5.60. The molecule has 0 atom stereocenters. The van der Waals surface area contributed by atoms with Crippen molar-refractivity contribution in [3.8, 4) is 17.0 Å². The first-order valence-corrected chi connectivity index (χ1v) is 9.12. The Morgan fingerprint density at radius 3 is 2.85 bits per heavy atom. The van der Waals surface area contributed by atoms with E-state index in [1.807, 2.05) is 36.0 Å². The second kappa shape index (κ2) is 5.94. The summed E-state index contributed by atoms with van der Waals surface area (Å²) in [4.78, 5) is 4.60. The van der Waals surface area contributed by atoms with Gasteiger partial charge >= 0.3 is 0 Å². The zero-order chi connectivity index (χ0) is 18.5. The highest BCUT2D eigenvalue weighted by molar-refractivity contribution is 5.89. The van der Waals surface area contributed by atoms with Gasteiger partial charge in [0.1, 0.15) is 11.0 Å². The molecule has 8 heteroatoms. The van der Waals surface area contributed by atoms with Crippen molar-refractivity contribution in [2.75, 3.05) is 12.4 Å². The average molecular weight is 363 g/mol. The third kappa shape index (κ3) is 2.59. The number of aryl methyl sites for hydroxylation is 1. The van der Waals surface area contributed by atoms with E-state index in [1.54, 1.807) is 11.8 Å². The molecule has 27 heavy (non-hydrogen) atoms. The van der Waals surface area contributed by atoms with Gasteiger partial charge in [0.05, 0.1) is 12.6 Å². The van der Waals surface area contributed by atoms with Crippen molar-refractivity contribution in [3.63, 3.8) is 0 Å². The van der Waals surface area contributed by atoms with E-state index in [0.717, 1.165) is 46.4 Å². The fourth-order valence-corrected chi connectivity index (χ4v) is 3.83. The molecule has 0 aliphatic heterocycles. The third-order valence-corrected chi connectivity index (χ3v) is 5.30. The molecule has 0 amide bonds. The van der Waals surface area contributed by atoms with Crippen LogP contribution in [0.5, 0.6) is 5.88 Å². The first-order chi connectivity index (χ1) is 13.1. The van der Waals surface area contributed by atoms with E-state index in [-0.39, 0.29) is 0 Å². The number of anilines is 1. The van der Waals surface area contributed by atoms with Crippen molar-refractivity contribution in [3.05, 3.63) is 30.5 Å². The molecule has 0 radical (unpaired) electrons. The van der Waals surface area contributed by atoms with Crippen LogP contribution in [0.25, 0.3) is 27.7 Å². The molecule has 0 saturated heterocycles. The molecule has 3 heterocycles. The molecule has 0 unspecified atom stereocenters. The van der Waals surface area contributed by atoms with Crippen molar-refractivity contribution in [2.24, 2.45) is 13.0 Å². The predicted molar refractivity (Wildman–Crippen MR) is 103 cm³/mol. The second-order valence-electron chi connectivity index (χ2n) is 7.30. The summed E-state index contributed by atoms with van der Waals surface area (Å²) in [5, 5.41) is 16.3. The minimum atomic E-state index is 0.442. The lowest BCUT2D eigenvalue weighted by Gasteiger charge is -2.33. The molecule has 4 aromatic rings. The lowest BCUT2D eigenvalue weighted by molar-refractivity contribution is 0.307. The fourth-order valence-electron chi connectivity index (χ4n) is 3.83. The van der Waals surface area contributed by atoms with Gasteiger partial charge in [0.15, 0.2) is 0 Å². The van der Waals surface area contributed by atoms with Gasteiger partial charge in [-0.05, 0) is 42.5 Å². The number of nitrogens with zero attached hydrogens (tertiary/aromatic N) is 6. The molecule has 3 aromatic heterocycles. The van der Waals surface area contributed by atoms with Crippen LogP contribution in [0.3, 0.4) is 0 Å². The number of aromatic nitrogens is 6. The first-order valence-electron chi connectivity index (χ1n) is 9.12. The summed E-state index contributed by atoms with van der Waals surface area (Å²) in [6.45, 7) is 2.26. The number of methoxy groups -OCH3 is 1. The standard InChI is InChI=1S/C19H21N7O/c1-11-8-13(9-11)20-19-21-18(27-3)17-14(6-7-26(17)23-19)12-4-5-15-16(10-12)25(2)24-22-15/h4-7,10-11,13H,8-9H2,1-3H3,(H,20,23). The van der Waals surface area contributed by atoms with Gasteiger partial charge in [-0.15, -0.1) is 10.2 Å². The molecule has 8 nitrogen and oxygen atoms in total. The van der Waals surface area contributed by atoms with Crippen LogP contribution in [0, 0.1) is 5.92 Å². The van der Waals surface area contributed by atoms with Crippen molar-refractivity contribution in [1.29, 1.82) is 0 Å². The van der Waals surface area contributed by atoms with Crippen molar-refractivity contribution >= 4 is 22.5 Å². The minimum absolute atomic E-state index is 0.442. The van der Waals surface area contributed by atoms with E-state index >= 15 is 0 Å². The molecular formula is C19H21N7O. The molecular weight excluding hydrogens is 342 g/mol. The van der Waals surface area contributed by atoms with Gasteiger partial charge < -0.3 is 10.1 Å². The number of hydrogen-bond donors (Lipinski definition) is 1. The molecule has 1 saturated carbocycles. The topological polar surface area (TPSA) is 82.2 Å². The van der Waals surface area contributed by atoms with E-state index in [2.05, 4.69) is 38.7 Å². The maximum Gasteiger partial charge on any atom is 0.244 e. The van der Waals surface area contributed by atoms with Crippen LogP contribution in [0.4, 0.5) is 5.95 Å². The van der Waals surface area contributed by atoms with Gasteiger partial charge in [-0.25, -0.2) is 9.20 Å². The van der Waals surface area contributed by atoms with Crippen LogP contribution >= 0.6 is 0 Å². The first kappa shape index (κ1) is 16.0. The highest BCUT2D eigenvalue weighted by Crippen LogP contribution is 2.34. The van der Waals surface area contributed by atoms with E-state index in [9.17, 15) is 0 Å². The summed E-state index contributed by atoms with van der Waals surface area (Å²) < 4.78 is 9.20. The summed E-state index contributed by atoms with van der Waals surface area (Å²) >= 11 is 0. The highest BCUT2D eigenvalue weighted by Gasteiger charge is 2.26. The number of benzene rings is 1. The monoisotopic (exact) mass is 363 g/mol. The number of nitrogens with one attached hydrogen (secondary N) is 1. The Labute approximate surface area is 156 Å². The fraction of sp³-hybridized carbons (Fsp3) is 0.368. The van der Waals surface area contributed by atoms with Gasteiger partial charge in [-0.3, -0.25) is 0 Å². The van der Waals surface area contributed by atoms with Crippen molar-refractivity contribution < 1.29 is 4.74 Å². The molecule has 5 rings (SSSR count). The van der Waals surface area contributed by atoms with Gasteiger partial charge in [0, 0.05) is 24.8 Å². The molecule has 0 bridgehead atoms. The van der Waals surface area contributed by atoms with Crippen LogP contribution in [-0.4, -0.2) is 42.7 Å². The molecule has 1 aliphatic carbocycles. The number of hydrogen-bond acceptors (Lipinski definition) is 6. The Morgan fingerprint density at radius 1 is 1.22 bits per heavy atom. The maximum atomic E-state index is 5.60. The molecule has 1 aliphatic rings. The molecule has 0 spiro atoms. The Kier molecular flexibility index (Phi) is 3.53. The van der Waals surface area contributed by atoms with Crippen molar-refractivity contribution in [2.45, 2.75) is 25.8 Å². The van der Waals surface area contributed by atoms with Gasteiger partial charge in [0.25, 0.3) is 0 Å². The summed E-state index contributed by atoms with van der Waals surface area (Å²) in [6, 6.07) is 8.56. The van der Waals surface area contributed by atoms with Crippen LogP contribution < -0.4 is 10.1 Å². The Morgan fingerprint density at radius 2 is 2.07 bits per heavy atom. The molecule has 1 aromatic carbocycles. The van der Waals surface area contributed by atoms with E-state index < -0.39 is 0 Å². The molecule has 138 valence electrons. The number of fused-ring (bicyclic) bond motifs is 2. The smallest absolute Gasteiger partial charge is 0.244 e. The Balaban J connectivity index is 1.59. The summed E-state index contributed by atoms with van der Waals surface area (Å²) in [5.74, 6) is 1.93. The van der Waals surface area contributed by atoms with E-state index in [0.29, 0.717) is 17.9 Å². The van der Waals surface area contributed by atoms with Gasteiger partial charge in [0.2, 0.25) is 11.8 Å². The van der Waals surface area contributed by atoms with Gasteiger partial charge in [-0.2, -0.15) is 4.98 Å².